The van der Waals surface area contributed by atoms with Crippen LogP contribution in [0.4, 0.5) is 10.8 Å². The molecule has 0 unspecified atom stereocenters. The fourth-order valence-corrected chi connectivity index (χ4v) is 4.77. The highest BCUT2D eigenvalue weighted by Gasteiger charge is 2.18. The Morgan fingerprint density at radius 1 is 1.03 bits per heavy atom. The van der Waals surface area contributed by atoms with Crippen LogP contribution >= 0.6 is 23.1 Å². The fraction of sp³-hybridized carbons (Fsp3) is 0.125. The van der Waals surface area contributed by atoms with Gasteiger partial charge >= 0.3 is 0 Å². The molecule has 2 aromatic heterocycles. The minimum Gasteiger partial charge on any atom is -0.319 e. The number of benzene rings is 2. The van der Waals surface area contributed by atoms with Gasteiger partial charge in [0.05, 0.1) is 17.1 Å². The second-order valence-corrected chi connectivity index (χ2v) is 9.58. The van der Waals surface area contributed by atoms with Crippen LogP contribution in [0.1, 0.15) is 11.3 Å². The highest BCUT2D eigenvalue weighted by atomic mass is 32.2. The van der Waals surface area contributed by atoms with Crippen LogP contribution < -0.4 is 16.2 Å². The van der Waals surface area contributed by atoms with E-state index in [9.17, 15) is 14.4 Å². The number of carbonyl (C=O) groups is 2. The summed E-state index contributed by atoms with van der Waals surface area (Å²) >= 11 is 2.34. The maximum absolute atomic E-state index is 12.9. The molecular formula is C24H22N6O3S2. The quantitative estimate of drug-likeness (QED) is 0.214. The zero-order chi connectivity index (χ0) is 24.8. The second-order valence-electron chi connectivity index (χ2n) is 7.38. The lowest BCUT2D eigenvalue weighted by Gasteiger charge is -2.07. The molecule has 0 radical (unpaired) electrons. The Kier molecular flexibility index (Phi) is 7.58. The summed E-state index contributed by atoms with van der Waals surface area (Å²) < 4.78 is 3.73. The molecule has 35 heavy (non-hydrogen) atoms. The van der Waals surface area contributed by atoms with Gasteiger partial charge in [-0.2, -0.15) is 0 Å². The number of para-hydroxylation sites is 1. The van der Waals surface area contributed by atoms with Gasteiger partial charge in [-0.3, -0.25) is 24.4 Å². The largest absolute Gasteiger partial charge is 0.319 e. The zero-order valence-electron chi connectivity index (χ0n) is 19.0. The normalized spacial score (nSPS) is 11.0. The van der Waals surface area contributed by atoms with Crippen LogP contribution in [0.15, 0.2) is 75.9 Å². The molecule has 0 saturated carbocycles. The standard InChI is InChI=1S/C24H22N6O3S2/c1-16-21(22(33)30(29(16)2)18-11-7-4-8-12-18)25-20(32)15-34-24-28-27-23(35-24)26-19(31)14-13-17-9-5-3-6-10-17/h3-14H,15H2,1-2H3,(H,25,32)(H,26,27,31). The number of amides is 2. The van der Waals surface area contributed by atoms with Crippen LogP contribution in [0, 0.1) is 6.92 Å². The van der Waals surface area contributed by atoms with Crippen molar-refractivity contribution < 1.29 is 9.59 Å². The van der Waals surface area contributed by atoms with Crippen LogP contribution in [0.5, 0.6) is 0 Å². The molecule has 178 valence electrons. The van der Waals surface area contributed by atoms with Gasteiger partial charge in [0.15, 0.2) is 4.34 Å². The van der Waals surface area contributed by atoms with E-state index in [1.807, 2.05) is 60.7 Å². The molecule has 0 aliphatic carbocycles. The van der Waals surface area contributed by atoms with Gasteiger partial charge in [-0.05, 0) is 30.7 Å². The molecule has 2 N–H and O–H groups in total. The smallest absolute Gasteiger partial charge is 0.295 e. The summed E-state index contributed by atoms with van der Waals surface area (Å²) in [6, 6.07) is 18.7. The summed E-state index contributed by atoms with van der Waals surface area (Å²) in [6.07, 6.45) is 3.12. The van der Waals surface area contributed by atoms with Crippen LogP contribution in [0.3, 0.4) is 0 Å². The van der Waals surface area contributed by atoms with Gasteiger partial charge in [0, 0.05) is 13.1 Å². The van der Waals surface area contributed by atoms with Gasteiger partial charge < -0.3 is 5.32 Å². The van der Waals surface area contributed by atoms with Crippen molar-refractivity contribution in [2.45, 2.75) is 11.3 Å². The van der Waals surface area contributed by atoms with E-state index in [0.29, 0.717) is 20.9 Å². The summed E-state index contributed by atoms with van der Waals surface area (Å²) in [5, 5.41) is 13.7. The van der Waals surface area contributed by atoms with Crippen molar-refractivity contribution in [3.63, 3.8) is 0 Å². The second kappa shape index (κ2) is 11.0. The highest BCUT2D eigenvalue weighted by molar-refractivity contribution is 8.01. The van der Waals surface area contributed by atoms with Crippen LogP contribution in [0.25, 0.3) is 11.8 Å². The lowest BCUT2D eigenvalue weighted by Crippen LogP contribution is -2.23. The van der Waals surface area contributed by atoms with Crippen LogP contribution in [-0.2, 0) is 16.6 Å². The first kappa shape index (κ1) is 24.2. The van der Waals surface area contributed by atoms with E-state index in [1.54, 1.807) is 24.7 Å². The maximum atomic E-state index is 12.9. The van der Waals surface area contributed by atoms with E-state index in [4.69, 9.17) is 0 Å². The number of nitrogens with one attached hydrogen (secondary N) is 2. The third-order valence-corrected chi connectivity index (χ3v) is 6.98. The number of thioether (sulfide) groups is 1. The van der Waals surface area contributed by atoms with Gasteiger partial charge in [0.2, 0.25) is 16.9 Å². The van der Waals surface area contributed by atoms with Gasteiger partial charge in [0.25, 0.3) is 5.56 Å². The molecule has 4 aromatic rings. The first-order valence-electron chi connectivity index (χ1n) is 10.6. The van der Waals surface area contributed by atoms with Crippen LogP contribution in [-0.4, -0.2) is 37.1 Å². The molecule has 0 saturated heterocycles. The van der Waals surface area contributed by atoms with Crippen molar-refractivity contribution in [1.82, 2.24) is 19.6 Å². The van der Waals surface area contributed by atoms with Crippen molar-refractivity contribution in [3.05, 3.63) is 88.4 Å². The minimum absolute atomic E-state index is 0.0373. The number of anilines is 2. The number of carbonyl (C=O) groups excluding carboxylic acids is 2. The lowest BCUT2D eigenvalue weighted by molar-refractivity contribution is -0.114. The molecule has 0 aliphatic heterocycles. The highest BCUT2D eigenvalue weighted by Crippen LogP contribution is 2.25. The molecule has 9 nitrogen and oxygen atoms in total. The fourth-order valence-electron chi connectivity index (χ4n) is 3.22. The van der Waals surface area contributed by atoms with E-state index >= 15 is 0 Å². The molecule has 0 bridgehead atoms. The molecule has 0 fully saturated rings. The zero-order valence-corrected chi connectivity index (χ0v) is 20.6. The lowest BCUT2D eigenvalue weighted by atomic mass is 10.2. The van der Waals surface area contributed by atoms with Crippen molar-refractivity contribution in [2.24, 2.45) is 7.05 Å². The summed E-state index contributed by atoms with van der Waals surface area (Å²) in [5.74, 6) is -0.628. The molecule has 0 atom stereocenters. The molecule has 0 aliphatic rings. The summed E-state index contributed by atoms with van der Waals surface area (Å²) in [4.78, 5) is 37.6. The maximum Gasteiger partial charge on any atom is 0.295 e. The summed E-state index contributed by atoms with van der Waals surface area (Å²) in [6.45, 7) is 1.77. The molecular weight excluding hydrogens is 484 g/mol. The van der Waals surface area contributed by atoms with E-state index in [2.05, 4.69) is 20.8 Å². The van der Waals surface area contributed by atoms with Crippen molar-refractivity contribution >= 4 is 51.8 Å². The van der Waals surface area contributed by atoms with Gasteiger partial charge in [0.1, 0.15) is 5.69 Å². The Morgan fingerprint density at radius 3 is 2.43 bits per heavy atom. The number of hydrogen-bond donors (Lipinski definition) is 2. The third kappa shape index (κ3) is 5.94. The molecule has 2 amide bonds. The predicted octanol–water partition coefficient (Wildman–Crippen LogP) is 3.72. The number of rotatable bonds is 8. The van der Waals surface area contributed by atoms with Crippen molar-refractivity contribution in [3.8, 4) is 5.69 Å². The Labute approximate surface area is 209 Å². The number of aromatic nitrogens is 4. The first-order chi connectivity index (χ1) is 16.9. The van der Waals surface area contributed by atoms with Crippen molar-refractivity contribution in [1.29, 1.82) is 0 Å². The topological polar surface area (TPSA) is 111 Å². The summed E-state index contributed by atoms with van der Waals surface area (Å²) in [5.41, 5.74) is 2.18. The Balaban J connectivity index is 1.33. The van der Waals surface area contributed by atoms with E-state index < -0.39 is 0 Å². The molecule has 2 heterocycles. The third-order valence-electron chi connectivity index (χ3n) is 5.01. The van der Waals surface area contributed by atoms with E-state index in [1.165, 1.54) is 33.9 Å². The van der Waals surface area contributed by atoms with Crippen molar-refractivity contribution in [2.75, 3.05) is 16.4 Å². The van der Waals surface area contributed by atoms with Gasteiger partial charge in [-0.1, -0.05) is 71.6 Å². The number of nitrogens with zero attached hydrogens (tertiary/aromatic N) is 4. The average Bonchev–Trinajstić information content (AvgIpc) is 3.40. The average molecular weight is 507 g/mol. The number of hydrogen-bond acceptors (Lipinski definition) is 7. The predicted molar refractivity (Wildman–Crippen MR) is 139 cm³/mol. The Bertz CT molecular complexity index is 1420. The minimum atomic E-state index is -0.340. The van der Waals surface area contributed by atoms with E-state index in [-0.39, 0.29) is 28.8 Å². The molecule has 11 heteroatoms. The Hall–Kier alpha value is -3.96. The molecule has 2 aromatic carbocycles. The monoisotopic (exact) mass is 506 g/mol. The molecule has 0 spiro atoms. The van der Waals surface area contributed by atoms with Crippen LogP contribution in [0.2, 0.25) is 0 Å². The SMILES string of the molecule is Cc1c(NC(=O)CSc2nnc(NC(=O)C=Cc3ccccc3)s2)c(=O)n(-c2ccccc2)n1C. The van der Waals surface area contributed by atoms with Gasteiger partial charge in [-0.25, -0.2) is 4.68 Å². The Morgan fingerprint density at radius 2 is 1.71 bits per heavy atom. The molecule has 4 rings (SSSR count). The summed E-state index contributed by atoms with van der Waals surface area (Å²) in [7, 11) is 1.76. The van der Waals surface area contributed by atoms with E-state index in [0.717, 1.165) is 5.56 Å². The van der Waals surface area contributed by atoms with Gasteiger partial charge in [-0.15, -0.1) is 10.2 Å². The first-order valence-corrected chi connectivity index (χ1v) is 12.4.